The van der Waals surface area contributed by atoms with E-state index in [4.69, 9.17) is 4.42 Å². The van der Waals surface area contributed by atoms with Gasteiger partial charge in [0.25, 0.3) is 0 Å². The molecule has 0 radical (unpaired) electrons. The highest BCUT2D eigenvalue weighted by molar-refractivity contribution is 5.79. The van der Waals surface area contributed by atoms with Crippen LogP contribution < -0.4 is 0 Å². The van der Waals surface area contributed by atoms with Crippen LogP contribution in [0.5, 0.6) is 0 Å². The fourth-order valence-electron chi connectivity index (χ4n) is 2.03. The van der Waals surface area contributed by atoms with Crippen molar-refractivity contribution in [1.82, 2.24) is 9.55 Å². The second-order valence-electron chi connectivity index (χ2n) is 4.25. The van der Waals surface area contributed by atoms with Gasteiger partial charge in [0.2, 0.25) is 5.89 Å². The molecule has 0 atom stereocenters. The standard InChI is InChI=1S/C14H14N2O/c1-10-11(2)17-14(15-10)9-16-8-7-12-5-3-4-6-13(12)16/h3-8H,9H2,1-2H3. The third kappa shape index (κ3) is 1.73. The number of fused-ring (bicyclic) bond motifs is 1. The van der Waals surface area contributed by atoms with Crippen LogP contribution in [0.25, 0.3) is 10.9 Å². The second kappa shape index (κ2) is 3.77. The normalized spacial score (nSPS) is 11.2. The van der Waals surface area contributed by atoms with E-state index < -0.39 is 0 Å². The van der Waals surface area contributed by atoms with Crippen LogP contribution in [0, 0.1) is 13.8 Å². The van der Waals surface area contributed by atoms with Gasteiger partial charge in [-0.25, -0.2) is 4.98 Å². The monoisotopic (exact) mass is 226 g/mol. The lowest BCUT2D eigenvalue weighted by Crippen LogP contribution is -1.97. The number of nitrogens with zero attached hydrogens (tertiary/aromatic N) is 2. The molecule has 3 nitrogen and oxygen atoms in total. The molecule has 0 saturated carbocycles. The summed E-state index contributed by atoms with van der Waals surface area (Å²) in [7, 11) is 0. The summed E-state index contributed by atoms with van der Waals surface area (Å²) < 4.78 is 7.76. The minimum Gasteiger partial charge on any atom is -0.444 e. The van der Waals surface area contributed by atoms with Crippen molar-refractivity contribution in [3.05, 3.63) is 53.9 Å². The molecule has 2 aromatic heterocycles. The van der Waals surface area contributed by atoms with Gasteiger partial charge in [0.05, 0.1) is 12.2 Å². The van der Waals surface area contributed by atoms with Gasteiger partial charge in [-0.15, -0.1) is 0 Å². The molecule has 0 fully saturated rings. The molecule has 0 amide bonds. The molecule has 0 bridgehead atoms. The van der Waals surface area contributed by atoms with Gasteiger partial charge in [-0.3, -0.25) is 0 Å². The lowest BCUT2D eigenvalue weighted by molar-refractivity contribution is 0.459. The lowest BCUT2D eigenvalue weighted by Gasteiger charge is -2.01. The first-order valence-corrected chi connectivity index (χ1v) is 5.71. The third-order valence-corrected chi connectivity index (χ3v) is 3.06. The molecule has 0 spiro atoms. The summed E-state index contributed by atoms with van der Waals surface area (Å²) >= 11 is 0. The second-order valence-corrected chi connectivity index (χ2v) is 4.25. The molecule has 86 valence electrons. The molecule has 0 saturated heterocycles. The van der Waals surface area contributed by atoms with Crippen molar-refractivity contribution >= 4 is 10.9 Å². The van der Waals surface area contributed by atoms with Gasteiger partial charge in [-0.05, 0) is 31.4 Å². The highest BCUT2D eigenvalue weighted by Crippen LogP contribution is 2.17. The van der Waals surface area contributed by atoms with Gasteiger partial charge >= 0.3 is 0 Å². The first-order chi connectivity index (χ1) is 8.24. The summed E-state index contributed by atoms with van der Waals surface area (Å²) in [6, 6.07) is 10.4. The Bertz CT molecular complexity index is 644. The van der Waals surface area contributed by atoms with Crippen LogP contribution in [-0.4, -0.2) is 9.55 Å². The van der Waals surface area contributed by atoms with Crippen molar-refractivity contribution in [2.75, 3.05) is 0 Å². The molecule has 0 unspecified atom stereocenters. The van der Waals surface area contributed by atoms with Crippen molar-refractivity contribution in [3.63, 3.8) is 0 Å². The summed E-state index contributed by atoms with van der Waals surface area (Å²) in [5.74, 6) is 1.66. The van der Waals surface area contributed by atoms with Gasteiger partial charge < -0.3 is 8.98 Å². The zero-order chi connectivity index (χ0) is 11.8. The minimum absolute atomic E-state index is 0.683. The van der Waals surface area contributed by atoms with E-state index in [1.807, 2.05) is 26.0 Å². The Morgan fingerprint density at radius 2 is 2.00 bits per heavy atom. The summed E-state index contributed by atoms with van der Waals surface area (Å²) in [6.07, 6.45) is 2.07. The van der Waals surface area contributed by atoms with E-state index in [0.29, 0.717) is 6.54 Å². The maximum atomic E-state index is 5.60. The molecule has 3 heteroatoms. The summed E-state index contributed by atoms with van der Waals surface area (Å²) in [5, 5.41) is 1.24. The largest absolute Gasteiger partial charge is 0.444 e. The van der Waals surface area contributed by atoms with E-state index in [-0.39, 0.29) is 0 Å². The van der Waals surface area contributed by atoms with E-state index >= 15 is 0 Å². The Morgan fingerprint density at radius 3 is 2.76 bits per heavy atom. The molecular formula is C14H14N2O. The molecule has 3 rings (SSSR count). The zero-order valence-electron chi connectivity index (χ0n) is 9.97. The van der Waals surface area contributed by atoms with Crippen molar-refractivity contribution in [1.29, 1.82) is 0 Å². The van der Waals surface area contributed by atoms with E-state index in [1.165, 1.54) is 10.9 Å². The number of oxazole rings is 1. The van der Waals surface area contributed by atoms with Gasteiger partial charge in [0.15, 0.2) is 0 Å². The molecule has 3 aromatic rings. The highest BCUT2D eigenvalue weighted by Gasteiger charge is 2.07. The topological polar surface area (TPSA) is 31.0 Å². The lowest BCUT2D eigenvalue weighted by atomic mass is 10.2. The summed E-state index contributed by atoms with van der Waals surface area (Å²) in [5.41, 5.74) is 2.18. The van der Waals surface area contributed by atoms with Crippen LogP contribution in [-0.2, 0) is 6.54 Å². The molecule has 0 aliphatic heterocycles. The van der Waals surface area contributed by atoms with Crippen LogP contribution in [0.2, 0.25) is 0 Å². The van der Waals surface area contributed by atoms with Crippen molar-refractivity contribution in [2.24, 2.45) is 0 Å². The highest BCUT2D eigenvalue weighted by atomic mass is 16.4. The Balaban J connectivity index is 2.00. The maximum Gasteiger partial charge on any atom is 0.214 e. The maximum absolute atomic E-state index is 5.60. The van der Waals surface area contributed by atoms with E-state index in [2.05, 4.69) is 33.9 Å². The third-order valence-electron chi connectivity index (χ3n) is 3.06. The van der Waals surface area contributed by atoms with E-state index in [9.17, 15) is 0 Å². The number of aromatic nitrogens is 2. The molecule has 2 heterocycles. The minimum atomic E-state index is 0.683. The van der Waals surface area contributed by atoms with Crippen LogP contribution >= 0.6 is 0 Å². The Labute approximate surface area is 99.7 Å². The van der Waals surface area contributed by atoms with Crippen LogP contribution in [0.4, 0.5) is 0 Å². The first kappa shape index (κ1) is 10.1. The summed E-state index contributed by atoms with van der Waals surface area (Å²) in [6.45, 7) is 4.60. The molecule has 17 heavy (non-hydrogen) atoms. The van der Waals surface area contributed by atoms with Crippen LogP contribution in [0.1, 0.15) is 17.3 Å². The van der Waals surface area contributed by atoms with Gasteiger partial charge in [-0.1, -0.05) is 18.2 Å². The number of hydrogen-bond acceptors (Lipinski definition) is 2. The molecular weight excluding hydrogens is 212 g/mol. The van der Waals surface area contributed by atoms with Crippen LogP contribution in [0.15, 0.2) is 40.9 Å². The van der Waals surface area contributed by atoms with Gasteiger partial charge in [0, 0.05) is 11.7 Å². The molecule has 0 aliphatic carbocycles. The van der Waals surface area contributed by atoms with Gasteiger partial charge in [0.1, 0.15) is 5.76 Å². The van der Waals surface area contributed by atoms with Crippen molar-refractivity contribution in [2.45, 2.75) is 20.4 Å². The Hall–Kier alpha value is -2.03. The number of hydrogen-bond donors (Lipinski definition) is 0. The quantitative estimate of drug-likeness (QED) is 0.671. The predicted molar refractivity (Wildman–Crippen MR) is 67.0 cm³/mol. The average molecular weight is 226 g/mol. The SMILES string of the molecule is Cc1nc(Cn2ccc3ccccc32)oc1C. The van der Waals surface area contributed by atoms with Crippen LogP contribution in [0.3, 0.4) is 0 Å². The number of para-hydroxylation sites is 1. The molecule has 0 N–H and O–H groups in total. The number of rotatable bonds is 2. The van der Waals surface area contributed by atoms with Crippen molar-refractivity contribution in [3.8, 4) is 0 Å². The fourth-order valence-corrected chi connectivity index (χ4v) is 2.03. The van der Waals surface area contributed by atoms with Gasteiger partial charge in [-0.2, -0.15) is 0 Å². The molecule has 0 aliphatic rings. The Kier molecular flexibility index (Phi) is 2.25. The number of benzene rings is 1. The van der Waals surface area contributed by atoms with Crippen molar-refractivity contribution < 1.29 is 4.42 Å². The predicted octanol–water partition coefficient (Wildman–Crippen LogP) is 3.29. The Morgan fingerprint density at radius 1 is 1.18 bits per heavy atom. The first-order valence-electron chi connectivity index (χ1n) is 5.71. The average Bonchev–Trinajstić information content (AvgIpc) is 2.85. The van der Waals surface area contributed by atoms with E-state index in [1.54, 1.807) is 0 Å². The van der Waals surface area contributed by atoms with E-state index in [0.717, 1.165) is 17.3 Å². The number of aryl methyl sites for hydroxylation is 2. The fraction of sp³-hybridized carbons (Fsp3) is 0.214. The zero-order valence-corrected chi connectivity index (χ0v) is 9.97. The summed E-state index contributed by atoms with van der Waals surface area (Å²) in [4.78, 5) is 4.40. The smallest absolute Gasteiger partial charge is 0.214 e. The molecule has 1 aromatic carbocycles.